The maximum atomic E-state index is 13.1. The van der Waals surface area contributed by atoms with Crippen LogP contribution in [-0.2, 0) is 11.3 Å². The second kappa shape index (κ2) is 12.4. The van der Waals surface area contributed by atoms with Gasteiger partial charge in [-0.05, 0) is 54.8 Å². The summed E-state index contributed by atoms with van der Waals surface area (Å²) in [5.41, 5.74) is 2.56. The average molecular weight is 523 g/mol. The van der Waals surface area contributed by atoms with E-state index >= 15 is 0 Å². The zero-order valence-corrected chi connectivity index (χ0v) is 22.3. The largest absolute Gasteiger partial charge is 0.349 e. The zero-order valence-electron chi connectivity index (χ0n) is 21.5. The van der Waals surface area contributed by atoms with Crippen LogP contribution in [0, 0.1) is 22.0 Å². The van der Waals surface area contributed by atoms with E-state index in [1.165, 1.54) is 41.9 Å². The second-order valence-corrected chi connectivity index (χ2v) is 11.8. The van der Waals surface area contributed by atoms with E-state index in [2.05, 4.69) is 39.4 Å². The lowest BCUT2D eigenvalue weighted by Gasteiger charge is -2.36. The molecule has 37 heavy (non-hydrogen) atoms. The van der Waals surface area contributed by atoms with E-state index in [0.29, 0.717) is 18.3 Å². The van der Waals surface area contributed by atoms with Gasteiger partial charge in [-0.2, -0.15) is 0 Å². The molecule has 0 aromatic heterocycles. The Morgan fingerprint density at radius 1 is 1.00 bits per heavy atom. The molecule has 0 unspecified atom stereocenters. The average Bonchev–Trinajstić information content (AvgIpc) is 3.07. The fourth-order valence-corrected chi connectivity index (χ4v) is 7.57. The van der Waals surface area contributed by atoms with Crippen LogP contribution in [0.5, 0.6) is 0 Å². The number of nitro groups is 1. The van der Waals surface area contributed by atoms with Gasteiger partial charge in [0.25, 0.3) is 5.69 Å². The number of fused-ring (bicyclic) bond motifs is 2. The van der Waals surface area contributed by atoms with Crippen LogP contribution in [-0.4, -0.2) is 59.1 Å². The number of nitrogens with zero attached hydrogens (tertiary/aromatic N) is 3. The van der Waals surface area contributed by atoms with Gasteiger partial charge in [-0.15, -0.1) is 11.8 Å². The molecule has 198 valence electrons. The molecule has 7 nitrogen and oxygen atoms in total. The van der Waals surface area contributed by atoms with E-state index < -0.39 is 0 Å². The lowest BCUT2D eigenvalue weighted by atomic mass is 9.74. The van der Waals surface area contributed by atoms with Gasteiger partial charge in [0.15, 0.2) is 0 Å². The molecule has 2 aliphatic heterocycles. The molecule has 3 atom stereocenters. The Kier molecular flexibility index (Phi) is 8.79. The summed E-state index contributed by atoms with van der Waals surface area (Å²) in [6.07, 6.45) is 6.55. The van der Waals surface area contributed by atoms with Gasteiger partial charge in [0.2, 0.25) is 5.91 Å². The Morgan fingerprint density at radius 3 is 2.51 bits per heavy atom. The first kappa shape index (κ1) is 26.2. The summed E-state index contributed by atoms with van der Waals surface area (Å²) in [7, 11) is 0. The van der Waals surface area contributed by atoms with Crippen molar-refractivity contribution >= 4 is 23.4 Å². The van der Waals surface area contributed by atoms with Gasteiger partial charge >= 0.3 is 0 Å². The fourth-order valence-electron chi connectivity index (χ4n) is 6.22. The van der Waals surface area contributed by atoms with Crippen molar-refractivity contribution in [3.63, 3.8) is 0 Å². The predicted octanol–water partition coefficient (Wildman–Crippen LogP) is 5.26. The van der Waals surface area contributed by atoms with E-state index in [9.17, 15) is 14.9 Å². The number of rotatable bonds is 8. The van der Waals surface area contributed by atoms with Crippen LogP contribution in [0.15, 0.2) is 53.4 Å². The first-order chi connectivity index (χ1) is 18.1. The highest BCUT2D eigenvalue weighted by atomic mass is 32.2. The Bertz CT molecular complexity index is 1070. The number of hydrogen-bond acceptors (Lipinski definition) is 6. The first-order valence-corrected chi connectivity index (χ1v) is 14.7. The summed E-state index contributed by atoms with van der Waals surface area (Å²) < 4.78 is 0. The van der Waals surface area contributed by atoms with Gasteiger partial charge in [-0.3, -0.25) is 19.8 Å². The summed E-state index contributed by atoms with van der Waals surface area (Å²) in [6, 6.07) is 15.7. The monoisotopic (exact) mass is 522 g/mol. The molecule has 1 N–H and O–H groups in total. The van der Waals surface area contributed by atoms with E-state index in [1.807, 2.05) is 23.9 Å². The third-order valence-corrected chi connectivity index (χ3v) is 9.59. The summed E-state index contributed by atoms with van der Waals surface area (Å²) in [5, 5.41) is 14.3. The fraction of sp³-hybridized carbons (Fsp3) is 0.552. The number of non-ortho nitro benzene ring substituents is 1. The molecule has 1 amide bonds. The Hall–Kier alpha value is -2.42. The topological polar surface area (TPSA) is 78.7 Å². The van der Waals surface area contributed by atoms with Gasteiger partial charge in [0.05, 0.1) is 11.0 Å². The highest BCUT2D eigenvalue weighted by Crippen LogP contribution is 2.46. The van der Waals surface area contributed by atoms with Gasteiger partial charge in [0.1, 0.15) is 0 Å². The third-order valence-electron chi connectivity index (χ3n) is 8.32. The van der Waals surface area contributed by atoms with Gasteiger partial charge < -0.3 is 10.2 Å². The lowest BCUT2D eigenvalue weighted by Crippen LogP contribution is -2.46. The van der Waals surface area contributed by atoms with Crippen LogP contribution >= 0.6 is 11.8 Å². The molecule has 0 spiro atoms. The molecule has 0 radical (unpaired) electrons. The molecule has 8 heteroatoms. The molecule has 2 fully saturated rings. The van der Waals surface area contributed by atoms with E-state index in [4.69, 9.17) is 0 Å². The number of thioether (sulfide) groups is 1. The van der Waals surface area contributed by atoms with Crippen LogP contribution in [0.4, 0.5) is 5.69 Å². The van der Waals surface area contributed by atoms with Crippen LogP contribution in [0.25, 0.3) is 0 Å². The molecule has 0 bridgehead atoms. The molecular weight excluding hydrogens is 484 g/mol. The van der Waals surface area contributed by atoms with Crippen molar-refractivity contribution in [3.05, 3.63) is 69.8 Å². The number of carbonyl (C=O) groups is 1. The molecule has 1 aliphatic carbocycles. The first-order valence-electron chi connectivity index (χ1n) is 13.8. The van der Waals surface area contributed by atoms with Crippen LogP contribution in [0.3, 0.4) is 0 Å². The van der Waals surface area contributed by atoms with Crippen molar-refractivity contribution in [2.45, 2.75) is 56.0 Å². The molecule has 5 rings (SSSR count). The van der Waals surface area contributed by atoms with Gasteiger partial charge in [-0.1, -0.05) is 43.2 Å². The number of nitro benzene ring substituents is 1. The van der Waals surface area contributed by atoms with Gasteiger partial charge in [0, 0.05) is 61.9 Å². The number of hydrogen-bond donors (Lipinski definition) is 1. The van der Waals surface area contributed by atoms with Crippen LogP contribution in [0.1, 0.15) is 55.7 Å². The molecule has 1 saturated heterocycles. The Morgan fingerprint density at radius 2 is 1.73 bits per heavy atom. The predicted molar refractivity (Wildman–Crippen MR) is 148 cm³/mol. The Labute approximate surface area is 224 Å². The molecule has 3 aliphatic rings. The number of benzene rings is 2. The van der Waals surface area contributed by atoms with E-state index in [1.54, 1.807) is 12.1 Å². The van der Waals surface area contributed by atoms with E-state index in [0.717, 1.165) is 51.3 Å². The van der Waals surface area contributed by atoms with Crippen LogP contribution in [0.2, 0.25) is 0 Å². The Balaban J connectivity index is 1.07. The van der Waals surface area contributed by atoms with Crippen molar-refractivity contribution in [1.82, 2.24) is 15.1 Å². The normalized spacial score (nSPS) is 24.5. The smallest absolute Gasteiger partial charge is 0.269 e. The highest BCUT2D eigenvalue weighted by molar-refractivity contribution is 7.99. The zero-order chi connectivity index (χ0) is 25.6. The maximum absolute atomic E-state index is 13.1. The molecule has 2 aromatic carbocycles. The number of nitrogens with one attached hydrogen (secondary N) is 1. The third kappa shape index (κ3) is 6.72. The second-order valence-electron chi connectivity index (χ2n) is 10.7. The molecule has 1 saturated carbocycles. The van der Waals surface area contributed by atoms with Crippen molar-refractivity contribution in [1.29, 1.82) is 0 Å². The quantitative estimate of drug-likeness (QED) is 0.376. The maximum Gasteiger partial charge on any atom is 0.269 e. The van der Waals surface area contributed by atoms with E-state index in [-0.39, 0.29) is 22.6 Å². The molecule has 2 heterocycles. The van der Waals surface area contributed by atoms with Crippen molar-refractivity contribution in [3.8, 4) is 0 Å². The SMILES string of the molecule is O=C(CCCN1CCN(Cc2ccc([N+](=O)[O-])cc2)CC1)N[C@H]1c2ccccc2SC[C@@H]2CCCC[C@H]21. The summed E-state index contributed by atoms with van der Waals surface area (Å²) in [6.45, 7) is 5.70. The lowest BCUT2D eigenvalue weighted by molar-refractivity contribution is -0.384. The summed E-state index contributed by atoms with van der Waals surface area (Å²) in [4.78, 5) is 29.8. The number of amides is 1. The summed E-state index contributed by atoms with van der Waals surface area (Å²) in [5.74, 6) is 2.61. The number of piperazine rings is 1. The van der Waals surface area contributed by atoms with Crippen molar-refractivity contribution in [2.24, 2.45) is 11.8 Å². The van der Waals surface area contributed by atoms with Crippen molar-refractivity contribution < 1.29 is 9.72 Å². The van der Waals surface area contributed by atoms with Gasteiger partial charge in [-0.25, -0.2) is 0 Å². The summed E-state index contributed by atoms with van der Waals surface area (Å²) >= 11 is 1.98. The van der Waals surface area contributed by atoms with Crippen LogP contribution < -0.4 is 5.32 Å². The molecular formula is C29H38N4O3S. The minimum absolute atomic E-state index is 0.137. The minimum atomic E-state index is -0.357. The number of carbonyl (C=O) groups excluding carboxylic acids is 1. The molecule has 2 aromatic rings. The van der Waals surface area contributed by atoms with Crippen molar-refractivity contribution in [2.75, 3.05) is 38.5 Å². The highest BCUT2D eigenvalue weighted by Gasteiger charge is 2.37. The minimum Gasteiger partial charge on any atom is -0.349 e. The standard InChI is InChI=1S/C29H38N4O3S/c34-28(30-29-25-7-2-1-6-23(25)21-37-27-9-4-3-8-26(27)29)10-5-15-31-16-18-32(19-17-31)20-22-11-13-24(14-12-22)33(35)36/h3-4,8-9,11-14,23,25,29H,1-2,5-7,10,15-21H2,(H,30,34)/t23-,25+,29+/m0/s1.